The third kappa shape index (κ3) is 3.16. The average Bonchev–Trinajstić information content (AvgIpc) is 2.95. The van der Waals surface area contributed by atoms with Crippen molar-refractivity contribution >= 4 is 11.5 Å². The largest absolute Gasteiger partial charge is 0.344 e. The number of nitro groups is 1. The van der Waals surface area contributed by atoms with Crippen LogP contribution < -0.4 is 0 Å². The lowest BCUT2D eigenvalue weighted by Gasteiger charge is -2.15. The number of hydrogen-bond acceptors (Lipinski definition) is 3. The molecule has 0 saturated carbocycles. The highest BCUT2D eigenvalue weighted by molar-refractivity contribution is 6.09. The van der Waals surface area contributed by atoms with E-state index in [1.54, 1.807) is 12.1 Å². The number of aromatic nitrogens is 1. The smallest absolute Gasteiger partial charge is 0.269 e. The summed E-state index contributed by atoms with van der Waals surface area (Å²) in [7, 11) is 1.89. The van der Waals surface area contributed by atoms with Gasteiger partial charge in [-0.3, -0.25) is 14.9 Å². The Morgan fingerprint density at radius 2 is 1.69 bits per heavy atom. The Hall–Kier alpha value is -3.21. The lowest BCUT2D eigenvalue weighted by atomic mass is 9.97. The fraction of sp³-hybridized carbons (Fsp3) is 0.190. The minimum Gasteiger partial charge on any atom is -0.344 e. The molecule has 2 aromatic carbocycles. The molecular formula is C21H20N2O3. The van der Waals surface area contributed by atoms with E-state index < -0.39 is 4.92 Å². The summed E-state index contributed by atoms with van der Waals surface area (Å²) < 4.78 is 1.93. The van der Waals surface area contributed by atoms with Crippen LogP contribution in [0.1, 0.15) is 45.7 Å². The first-order valence-corrected chi connectivity index (χ1v) is 8.40. The van der Waals surface area contributed by atoms with Gasteiger partial charge in [-0.1, -0.05) is 49.4 Å². The summed E-state index contributed by atoms with van der Waals surface area (Å²) in [6.45, 7) is 3.97. The van der Waals surface area contributed by atoms with Crippen LogP contribution in [-0.4, -0.2) is 15.3 Å². The quantitative estimate of drug-likeness (QED) is 0.384. The molecule has 132 valence electrons. The van der Waals surface area contributed by atoms with Crippen LogP contribution >= 0.6 is 0 Å². The van der Waals surface area contributed by atoms with Crippen LogP contribution in [0.5, 0.6) is 0 Å². The van der Waals surface area contributed by atoms with E-state index in [1.165, 1.54) is 12.1 Å². The highest BCUT2D eigenvalue weighted by Gasteiger charge is 2.22. The number of ketones is 1. The monoisotopic (exact) mass is 348 g/mol. The average molecular weight is 348 g/mol. The predicted molar refractivity (Wildman–Crippen MR) is 101 cm³/mol. The standard InChI is InChI=1S/C21H20N2O3/c1-14-13-19(15(2)16-9-11-18(12-10-16)23(25)26)22(3)20(14)21(24)17-7-5-4-6-8-17/h4-13,15H,1-3H3. The summed E-state index contributed by atoms with van der Waals surface area (Å²) >= 11 is 0. The van der Waals surface area contributed by atoms with E-state index in [4.69, 9.17) is 0 Å². The molecule has 5 nitrogen and oxygen atoms in total. The minimum atomic E-state index is -0.405. The number of rotatable bonds is 5. The van der Waals surface area contributed by atoms with Crippen LogP contribution in [0.3, 0.4) is 0 Å². The highest BCUT2D eigenvalue weighted by atomic mass is 16.6. The Bertz CT molecular complexity index is 957. The van der Waals surface area contributed by atoms with Gasteiger partial charge in [0.15, 0.2) is 0 Å². The number of aryl methyl sites for hydroxylation is 1. The van der Waals surface area contributed by atoms with E-state index in [2.05, 4.69) is 0 Å². The Kier molecular flexibility index (Phi) is 4.71. The lowest BCUT2D eigenvalue weighted by Crippen LogP contribution is -2.12. The van der Waals surface area contributed by atoms with Gasteiger partial charge in [-0.15, -0.1) is 0 Å². The zero-order valence-corrected chi connectivity index (χ0v) is 15.0. The van der Waals surface area contributed by atoms with Gasteiger partial charge in [-0.05, 0) is 24.1 Å². The van der Waals surface area contributed by atoms with Crippen molar-refractivity contribution in [3.63, 3.8) is 0 Å². The van der Waals surface area contributed by atoms with Crippen molar-refractivity contribution in [3.8, 4) is 0 Å². The van der Waals surface area contributed by atoms with Gasteiger partial charge in [0.2, 0.25) is 5.78 Å². The van der Waals surface area contributed by atoms with Crippen LogP contribution in [0.15, 0.2) is 60.7 Å². The van der Waals surface area contributed by atoms with Crippen molar-refractivity contribution in [1.82, 2.24) is 4.57 Å². The van der Waals surface area contributed by atoms with E-state index in [-0.39, 0.29) is 17.4 Å². The zero-order valence-electron chi connectivity index (χ0n) is 15.0. The molecule has 1 unspecified atom stereocenters. The van der Waals surface area contributed by atoms with Gasteiger partial charge in [-0.2, -0.15) is 0 Å². The first-order valence-electron chi connectivity index (χ1n) is 8.40. The van der Waals surface area contributed by atoms with Crippen molar-refractivity contribution in [2.24, 2.45) is 7.05 Å². The predicted octanol–water partition coefficient (Wildman–Crippen LogP) is 4.62. The van der Waals surface area contributed by atoms with Gasteiger partial charge in [-0.25, -0.2) is 0 Å². The van der Waals surface area contributed by atoms with Crippen molar-refractivity contribution in [2.75, 3.05) is 0 Å². The molecular weight excluding hydrogens is 328 g/mol. The first kappa shape index (κ1) is 17.6. The third-order valence-electron chi connectivity index (χ3n) is 4.76. The molecule has 1 atom stereocenters. The Labute approximate surface area is 152 Å². The Morgan fingerprint density at radius 3 is 2.27 bits per heavy atom. The summed E-state index contributed by atoms with van der Waals surface area (Å²) in [6.07, 6.45) is 0. The van der Waals surface area contributed by atoms with Gasteiger partial charge >= 0.3 is 0 Å². The summed E-state index contributed by atoms with van der Waals surface area (Å²) in [6, 6.07) is 17.8. The second-order valence-corrected chi connectivity index (χ2v) is 6.43. The van der Waals surface area contributed by atoms with Gasteiger partial charge in [0, 0.05) is 36.4 Å². The minimum absolute atomic E-state index is 0.00671. The molecule has 0 amide bonds. The molecule has 0 spiro atoms. The number of carbonyl (C=O) groups is 1. The van der Waals surface area contributed by atoms with Crippen molar-refractivity contribution in [2.45, 2.75) is 19.8 Å². The Morgan fingerprint density at radius 1 is 1.08 bits per heavy atom. The molecule has 1 heterocycles. The van der Waals surface area contributed by atoms with Gasteiger partial charge in [0.25, 0.3) is 5.69 Å². The second kappa shape index (κ2) is 6.96. The second-order valence-electron chi connectivity index (χ2n) is 6.43. The molecule has 0 N–H and O–H groups in total. The molecule has 0 aliphatic carbocycles. The normalized spacial score (nSPS) is 12.0. The molecule has 0 aliphatic rings. The fourth-order valence-corrected chi connectivity index (χ4v) is 3.31. The molecule has 3 rings (SSSR count). The summed E-state index contributed by atoms with van der Waals surface area (Å²) in [5.74, 6) is 0.00424. The SMILES string of the molecule is Cc1cc(C(C)c2ccc([N+](=O)[O-])cc2)n(C)c1C(=O)c1ccccc1. The Balaban J connectivity index is 1.97. The maximum absolute atomic E-state index is 12.9. The number of carbonyl (C=O) groups excluding carboxylic acids is 1. The van der Waals surface area contributed by atoms with Crippen LogP contribution in [0, 0.1) is 17.0 Å². The number of non-ortho nitro benzene ring substituents is 1. The summed E-state index contributed by atoms with van der Waals surface area (Å²) in [4.78, 5) is 23.3. The third-order valence-corrected chi connectivity index (χ3v) is 4.76. The maximum Gasteiger partial charge on any atom is 0.269 e. The molecule has 26 heavy (non-hydrogen) atoms. The van der Waals surface area contributed by atoms with E-state index >= 15 is 0 Å². The van der Waals surface area contributed by atoms with Crippen LogP contribution in [-0.2, 0) is 7.05 Å². The number of nitrogens with zero attached hydrogens (tertiary/aromatic N) is 2. The molecule has 0 radical (unpaired) electrons. The summed E-state index contributed by atoms with van der Waals surface area (Å²) in [5.41, 5.74) is 4.28. The van der Waals surface area contributed by atoms with Gasteiger partial charge in [0.1, 0.15) is 0 Å². The first-order chi connectivity index (χ1) is 12.4. The number of hydrogen-bond donors (Lipinski definition) is 0. The van der Waals surface area contributed by atoms with Gasteiger partial charge < -0.3 is 4.57 Å². The molecule has 1 aromatic heterocycles. The van der Waals surface area contributed by atoms with Crippen molar-refractivity contribution < 1.29 is 9.72 Å². The lowest BCUT2D eigenvalue weighted by molar-refractivity contribution is -0.384. The maximum atomic E-state index is 12.9. The van der Waals surface area contributed by atoms with Crippen molar-refractivity contribution in [3.05, 3.63) is 98.9 Å². The molecule has 0 bridgehead atoms. The van der Waals surface area contributed by atoms with Crippen LogP contribution in [0.25, 0.3) is 0 Å². The van der Waals surface area contributed by atoms with Crippen LogP contribution in [0.4, 0.5) is 5.69 Å². The van der Waals surface area contributed by atoms with E-state index in [1.807, 2.05) is 61.9 Å². The van der Waals surface area contributed by atoms with Gasteiger partial charge in [0.05, 0.1) is 10.6 Å². The topological polar surface area (TPSA) is 65.1 Å². The highest BCUT2D eigenvalue weighted by Crippen LogP contribution is 2.29. The molecule has 0 aliphatic heterocycles. The molecule has 5 heteroatoms. The molecule has 3 aromatic rings. The van der Waals surface area contributed by atoms with E-state index in [9.17, 15) is 14.9 Å². The molecule has 0 fully saturated rings. The zero-order chi connectivity index (χ0) is 18.8. The van der Waals surface area contributed by atoms with Crippen molar-refractivity contribution in [1.29, 1.82) is 0 Å². The summed E-state index contributed by atoms with van der Waals surface area (Å²) in [5, 5.41) is 10.8. The van der Waals surface area contributed by atoms with Crippen LogP contribution in [0.2, 0.25) is 0 Å². The van der Waals surface area contributed by atoms with E-state index in [0.29, 0.717) is 11.3 Å². The fourth-order valence-electron chi connectivity index (χ4n) is 3.31. The molecule has 0 saturated heterocycles. The van der Waals surface area contributed by atoms with E-state index in [0.717, 1.165) is 16.8 Å². The number of benzene rings is 2. The number of nitro benzene ring substituents is 1.